The largest absolute Gasteiger partial charge is 1.00 e. The first-order valence-electron chi connectivity index (χ1n) is 3.36. The maximum Gasteiger partial charge on any atom is 1.00 e. The molecule has 1 aromatic carbocycles. The molecule has 84 valence electrons. The van der Waals surface area contributed by atoms with Crippen molar-refractivity contribution in [1.82, 2.24) is 0 Å². The molecule has 10 heteroatoms. The molecular weight excluding hydrogens is 294 g/mol. The molecule has 0 radical (unpaired) electrons. The van der Waals surface area contributed by atoms with Crippen LogP contribution in [0, 0.1) is 0 Å². The molecule has 0 saturated carbocycles. The molecule has 6 nitrogen and oxygen atoms in total. The van der Waals surface area contributed by atoms with Crippen LogP contribution in [0.1, 0.15) is 0 Å². The maximum atomic E-state index is 10.6. The van der Waals surface area contributed by atoms with Crippen LogP contribution < -0.4 is 81.4 Å². The van der Waals surface area contributed by atoms with Crippen LogP contribution in [0.5, 0.6) is 5.75 Å². The van der Waals surface area contributed by atoms with Gasteiger partial charge in [0.05, 0.1) is 10.6 Å². The third-order valence-electron chi connectivity index (χ3n) is 1.32. The second-order valence-electron chi connectivity index (χ2n) is 2.30. The van der Waals surface area contributed by atoms with Gasteiger partial charge in [0, 0.05) is 0 Å². The molecule has 1 aromatic rings. The van der Waals surface area contributed by atoms with Crippen LogP contribution >= 0.6 is 0 Å². The molecule has 17 heavy (non-hydrogen) atoms. The van der Waals surface area contributed by atoms with Crippen LogP contribution in [-0.2, 0) is 10.1 Å². The Morgan fingerprint density at radius 2 is 1.59 bits per heavy atom. The van der Waals surface area contributed by atoms with Crippen molar-refractivity contribution in [2.45, 2.75) is 4.90 Å². The Balaban J connectivity index is -0.000000653. The van der Waals surface area contributed by atoms with E-state index in [0.717, 1.165) is 24.3 Å². The number of ether oxygens (including phenoxy) is 1. The third-order valence-corrected chi connectivity index (χ3v) is 2.19. The summed E-state index contributed by atoms with van der Waals surface area (Å²) in [6.07, 6.45) is -1.75. The predicted molar refractivity (Wildman–Crippen MR) is 42.3 cm³/mol. The van der Waals surface area contributed by atoms with Crippen LogP contribution in [0.2, 0.25) is 0 Å². The first kappa shape index (κ1) is 22.8. The molecule has 0 aliphatic carbocycles. The Bertz CT molecular complexity index is 446. The third kappa shape index (κ3) is 8.41. The minimum Gasteiger partial charge on any atom is -1.00 e. The van der Waals surface area contributed by atoms with Gasteiger partial charge in [-0.05, 0) is 24.3 Å². The molecule has 1 rings (SSSR count). The van der Waals surface area contributed by atoms with E-state index in [-0.39, 0.29) is 82.2 Å². The molecule has 0 aliphatic rings. The topological polar surface area (TPSA) is 104 Å². The molecule has 1 N–H and O–H groups in total. The zero-order valence-corrected chi connectivity index (χ0v) is 14.7. The van der Waals surface area contributed by atoms with Crippen LogP contribution in [0.15, 0.2) is 29.2 Å². The van der Waals surface area contributed by atoms with E-state index in [9.17, 15) is 18.3 Å². The number of carbonyl (C=O) groups excluding carboxylic acids is 1. The van der Waals surface area contributed by atoms with Gasteiger partial charge in [0.2, 0.25) is 0 Å². The normalized spacial score (nSPS) is 9.00. The van der Waals surface area contributed by atoms with Gasteiger partial charge >= 0.3 is 59.1 Å². The number of hydrogen-bond donors (Lipinski definition) is 1. The molecule has 0 aliphatic heterocycles. The molecule has 0 saturated heterocycles. The number of halogens is 1. The number of benzene rings is 1. The van der Waals surface area contributed by atoms with Gasteiger partial charge in [-0.3, -0.25) is 4.55 Å². The van der Waals surface area contributed by atoms with Crippen molar-refractivity contribution >= 4 is 16.3 Å². The first-order valence-corrected chi connectivity index (χ1v) is 4.80. The van der Waals surface area contributed by atoms with E-state index < -0.39 is 16.3 Å². The standard InChI is InChI=1S/C7H6O6S.ClH.2Na/c8-7(9)13-5-1-3-6(4-2-5)14(10,11)12;;;/h1-4H,(H,8,9)(H,10,11,12);1H;;/q;;2*+1/p-2. The number of hydrogen-bond acceptors (Lipinski definition) is 5. The van der Waals surface area contributed by atoms with Crippen LogP contribution in [0.3, 0.4) is 0 Å². The second kappa shape index (κ2) is 9.60. The second-order valence-corrected chi connectivity index (χ2v) is 3.72. The summed E-state index contributed by atoms with van der Waals surface area (Å²) in [7, 11) is -4.27. The Hall–Kier alpha value is 0.690. The number of carbonyl (C=O) groups is 1. The van der Waals surface area contributed by atoms with E-state index >= 15 is 0 Å². The van der Waals surface area contributed by atoms with Crippen LogP contribution in [0.4, 0.5) is 4.79 Å². The van der Waals surface area contributed by atoms with Gasteiger partial charge in [0.1, 0.15) is 0 Å². The van der Waals surface area contributed by atoms with Gasteiger partial charge in [-0.1, -0.05) is 0 Å². The van der Waals surface area contributed by atoms with Crippen molar-refractivity contribution < 1.29 is 99.1 Å². The number of carboxylic acid groups (broad SMARTS) is 1. The predicted octanol–water partition coefficient (Wildman–Crippen LogP) is -9.33. The minimum absolute atomic E-state index is 0. The summed E-state index contributed by atoms with van der Waals surface area (Å²) in [6.45, 7) is 0. The molecule has 0 aromatic heterocycles. The van der Waals surface area contributed by atoms with Gasteiger partial charge in [-0.15, -0.1) is 0 Å². The van der Waals surface area contributed by atoms with Crippen molar-refractivity contribution in [2.75, 3.05) is 0 Å². The van der Waals surface area contributed by atoms with Gasteiger partial charge in [-0.25, -0.2) is 0 Å². The quantitative estimate of drug-likeness (QED) is 0.252. The smallest absolute Gasteiger partial charge is 1.00 e. The summed E-state index contributed by atoms with van der Waals surface area (Å²) in [5.41, 5.74) is 0. The van der Waals surface area contributed by atoms with Crippen molar-refractivity contribution in [3.05, 3.63) is 24.3 Å². The van der Waals surface area contributed by atoms with E-state index in [4.69, 9.17) is 4.55 Å². The van der Waals surface area contributed by atoms with Crippen molar-refractivity contribution in [3.63, 3.8) is 0 Å². The zero-order chi connectivity index (χ0) is 10.8. The SMILES string of the molecule is O=C([O-])Oc1ccc(S(=O)(=O)O)cc1.[Cl-].[Na+].[Na+]. The summed E-state index contributed by atoms with van der Waals surface area (Å²) >= 11 is 0. The number of rotatable bonds is 2. The van der Waals surface area contributed by atoms with Gasteiger partial charge in [0.15, 0.2) is 0 Å². The van der Waals surface area contributed by atoms with Gasteiger partial charge in [-0.2, -0.15) is 8.42 Å². The van der Waals surface area contributed by atoms with E-state index in [1.165, 1.54) is 0 Å². The summed E-state index contributed by atoms with van der Waals surface area (Å²) < 4.78 is 33.8. The molecule has 0 atom stereocenters. The van der Waals surface area contributed by atoms with E-state index in [1.807, 2.05) is 0 Å². The Morgan fingerprint density at radius 1 is 1.18 bits per heavy atom. The average molecular weight is 299 g/mol. The van der Waals surface area contributed by atoms with E-state index in [1.54, 1.807) is 0 Å². The zero-order valence-electron chi connectivity index (χ0n) is 9.08. The first-order chi connectivity index (χ1) is 6.39. The maximum absolute atomic E-state index is 10.6. The monoisotopic (exact) mass is 298 g/mol. The van der Waals surface area contributed by atoms with E-state index in [2.05, 4.69) is 4.74 Å². The van der Waals surface area contributed by atoms with Crippen LogP contribution in [-0.4, -0.2) is 19.1 Å². The molecule has 0 bridgehead atoms. The van der Waals surface area contributed by atoms with Gasteiger partial charge < -0.3 is 27.0 Å². The van der Waals surface area contributed by atoms with Gasteiger partial charge in [0.25, 0.3) is 16.3 Å². The molecule has 0 heterocycles. The van der Waals surface area contributed by atoms with Crippen LogP contribution in [0.25, 0.3) is 0 Å². The summed E-state index contributed by atoms with van der Waals surface area (Å²) in [5, 5.41) is 9.95. The Morgan fingerprint density at radius 3 is 1.88 bits per heavy atom. The summed E-state index contributed by atoms with van der Waals surface area (Å²) in [4.78, 5) is 9.61. The van der Waals surface area contributed by atoms with Crippen molar-refractivity contribution in [2.24, 2.45) is 0 Å². The molecule has 0 spiro atoms. The Kier molecular flexibility index (Phi) is 12.9. The molecule has 0 amide bonds. The minimum atomic E-state index is -4.27. The fourth-order valence-corrected chi connectivity index (χ4v) is 1.26. The molecule has 0 fully saturated rings. The van der Waals surface area contributed by atoms with E-state index in [0.29, 0.717) is 0 Å². The summed E-state index contributed by atoms with van der Waals surface area (Å²) in [5.74, 6) is -0.0857. The fourth-order valence-electron chi connectivity index (χ4n) is 0.776. The van der Waals surface area contributed by atoms with Crippen molar-refractivity contribution in [3.8, 4) is 5.75 Å². The molecular formula is C7H5ClNa2O6S. The molecule has 0 unspecified atom stereocenters. The van der Waals surface area contributed by atoms with Crippen molar-refractivity contribution in [1.29, 1.82) is 0 Å². The fraction of sp³-hybridized carbons (Fsp3) is 0. The Labute approximate surface area is 148 Å². The summed E-state index contributed by atoms with van der Waals surface area (Å²) in [6, 6.07) is 4.18. The average Bonchev–Trinajstić information content (AvgIpc) is 2.02.